The van der Waals surface area contributed by atoms with Crippen molar-refractivity contribution in [3.63, 3.8) is 0 Å². The normalized spacial score (nSPS) is 11.7. The van der Waals surface area contributed by atoms with Gasteiger partial charge in [-0.15, -0.1) is 0 Å². The first-order valence-corrected chi connectivity index (χ1v) is 7.23. The Morgan fingerprint density at radius 2 is 2.04 bits per heavy atom. The van der Waals surface area contributed by atoms with Crippen LogP contribution in [0.4, 0.5) is 18.9 Å². The number of halogens is 3. The average molecular weight is 333 g/mol. The highest BCUT2D eigenvalue weighted by molar-refractivity contribution is 5.92. The fourth-order valence-corrected chi connectivity index (χ4v) is 2.37. The predicted molar refractivity (Wildman–Crippen MR) is 84.7 cm³/mol. The number of anilines is 1. The first-order chi connectivity index (χ1) is 11.3. The summed E-state index contributed by atoms with van der Waals surface area (Å²) >= 11 is 0. The number of aryl methyl sites for hydroxylation is 1. The van der Waals surface area contributed by atoms with Crippen molar-refractivity contribution in [1.29, 1.82) is 0 Å². The second kappa shape index (κ2) is 5.99. The second-order valence-electron chi connectivity index (χ2n) is 5.46. The molecule has 0 saturated heterocycles. The third-order valence-corrected chi connectivity index (χ3v) is 3.53. The van der Waals surface area contributed by atoms with Gasteiger partial charge in [-0.3, -0.25) is 4.79 Å². The van der Waals surface area contributed by atoms with Crippen LogP contribution in [0.2, 0.25) is 0 Å². The lowest BCUT2D eigenvalue weighted by Crippen LogP contribution is -2.21. The molecule has 0 atom stereocenters. The van der Waals surface area contributed by atoms with Crippen molar-refractivity contribution in [3.8, 4) is 11.3 Å². The first kappa shape index (κ1) is 16.0. The fraction of sp³-hybridized carbons (Fsp3) is 0.176. The van der Waals surface area contributed by atoms with Gasteiger partial charge >= 0.3 is 6.18 Å². The van der Waals surface area contributed by atoms with Crippen molar-refractivity contribution in [2.24, 2.45) is 0 Å². The summed E-state index contributed by atoms with van der Waals surface area (Å²) in [5.74, 6) is -1.09. The number of rotatable bonds is 3. The lowest BCUT2D eigenvalue weighted by molar-refractivity contribution is -0.150. The predicted octanol–water partition coefficient (Wildman–Crippen LogP) is 4.20. The summed E-state index contributed by atoms with van der Waals surface area (Å²) in [4.78, 5) is 16.0. The summed E-state index contributed by atoms with van der Waals surface area (Å²) in [7, 11) is 0. The van der Waals surface area contributed by atoms with Gasteiger partial charge in [-0.05, 0) is 30.7 Å². The molecule has 3 rings (SSSR count). The van der Waals surface area contributed by atoms with Crippen LogP contribution in [0.15, 0.2) is 48.8 Å². The zero-order valence-corrected chi connectivity index (χ0v) is 12.8. The molecule has 0 radical (unpaired) electrons. The van der Waals surface area contributed by atoms with Gasteiger partial charge in [0.25, 0.3) is 0 Å². The summed E-state index contributed by atoms with van der Waals surface area (Å²) in [5.41, 5.74) is 3.17. The maximum Gasteiger partial charge on any atom is 0.397 e. The molecule has 0 spiro atoms. The van der Waals surface area contributed by atoms with E-state index in [2.05, 4.69) is 10.3 Å². The molecule has 124 valence electrons. The Labute approximate surface area is 135 Å². The average Bonchev–Trinajstić information content (AvgIpc) is 2.91. The number of aromatic nitrogens is 2. The molecule has 3 aromatic rings. The fourth-order valence-electron chi connectivity index (χ4n) is 2.37. The summed E-state index contributed by atoms with van der Waals surface area (Å²) in [6.07, 6.45) is -2.37. The number of fused-ring (bicyclic) bond motifs is 1. The van der Waals surface area contributed by atoms with Gasteiger partial charge in [-0.25, -0.2) is 4.98 Å². The molecular formula is C17H14F3N3O. The standard InChI is InChI=1S/C17H14F3N3O/c1-11-5-6-12(8-13(11)22-16(24)9-17(18,19)20)14-10-23-7-3-2-4-15(23)21-14/h2-8,10H,9H2,1H3,(H,22,24). The Bertz CT molecular complexity index is 866. The van der Waals surface area contributed by atoms with Crippen molar-refractivity contribution in [2.75, 3.05) is 5.32 Å². The molecular weight excluding hydrogens is 319 g/mol. The summed E-state index contributed by atoms with van der Waals surface area (Å²) in [5, 5.41) is 2.32. The van der Waals surface area contributed by atoms with Crippen LogP contribution in [0.25, 0.3) is 16.9 Å². The minimum Gasteiger partial charge on any atom is -0.326 e. The summed E-state index contributed by atoms with van der Waals surface area (Å²) < 4.78 is 38.7. The number of imidazole rings is 1. The Balaban J connectivity index is 1.89. The number of hydrogen-bond acceptors (Lipinski definition) is 2. The van der Waals surface area contributed by atoms with Crippen LogP contribution in [0.1, 0.15) is 12.0 Å². The number of carbonyl (C=O) groups is 1. The molecule has 0 bridgehead atoms. The summed E-state index contributed by atoms with van der Waals surface area (Å²) in [6.45, 7) is 1.72. The van der Waals surface area contributed by atoms with Crippen LogP contribution >= 0.6 is 0 Å². The Kier molecular flexibility index (Phi) is 4.01. The van der Waals surface area contributed by atoms with Crippen molar-refractivity contribution in [3.05, 3.63) is 54.4 Å². The van der Waals surface area contributed by atoms with Crippen LogP contribution in [-0.4, -0.2) is 21.5 Å². The summed E-state index contributed by atoms with van der Waals surface area (Å²) in [6, 6.07) is 10.8. The number of benzene rings is 1. The van der Waals surface area contributed by atoms with Gasteiger partial charge in [0.05, 0.1) is 5.69 Å². The van der Waals surface area contributed by atoms with E-state index in [9.17, 15) is 18.0 Å². The number of amides is 1. The molecule has 0 unspecified atom stereocenters. The molecule has 24 heavy (non-hydrogen) atoms. The number of alkyl halides is 3. The lowest BCUT2D eigenvalue weighted by Gasteiger charge is -2.11. The van der Waals surface area contributed by atoms with Crippen molar-refractivity contribution >= 4 is 17.2 Å². The van der Waals surface area contributed by atoms with E-state index in [4.69, 9.17) is 0 Å². The number of nitrogens with zero attached hydrogens (tertiary/aromatic N) is 2. The number of pyridine rings is 1. The maximum atomic E-state index is 12.3. The van der Waals surface area contributed by atoms with Crippen molar-refractivity contribution in [2.45, 2.75) is 19.5 Å². The van der Waals surface area contributed by atoms with Gasteiger partial charge in [0.2, 0.25) is 5.91 Å². The molecule has 1 N–H and O–H groups in total. The van der Waals surface area contributed by atoms with Crippen LogP contribution in [-0.2, 0) is 4.79 Å². The molecule has 4 nitrogen and oxygen atoms in total. The SMILES string of the molecule is Cc1ccc(-c2cn3ccccc3n2)cc1NC(=O)CC(F)(F)F. The molecule has 0 aliphatic carbocycles. The smallest absolute Gasteiger partial charge is 0.326 e. The minimum absolute atomic E-state index is 0.346. The molecule has 0 aliphatic rings. The van der Waals surface area contributed by atoms with Crippen LogP contribution < -0.4 is 5.32 Å². The van der Waals surface area contributed by atoms with Crippen LogP contribution in [0.3, 0.4) is 0 Å². The van der Waals surface area contributed by atoms with E-state index in [1.54, 1.807) is 19.1 Å². The molecule has 0 saturated carbocycles. The van der Waals surface area contributed by atoms with Gasteiger partial charge in [0.1, 0.15) is 12.1 Å². The number of carbonyl (C=O) groups excluding carboxylic acids is 1. The third-order valence-electron chi connectivity index (χ3n) is 3.53. The Hall–Kier alpha value is -2.83. The van der Waals surface area contributed by atoms with Crippen molar-refractivity contribution < 1.29 is 18.0 Å². The topological polar surface area (TPSA) is 46.4 Å². The highest BCUT2D eigenvalue weighted by atomic mass is 19.4. The highest BCUT2D eigenvalue weighted by Crippen LogP contribution is 2.26. The monoisotopic (exact) mass is 333 g/mol. The van der Waals surface area contributed by atoms with E-state index in [1.165, 1.54) is 0 Å². The van der Waals surface area contributed by atoms with E-state index in [1.807, 2.05) is 41.1 Å². The molecule has 0 fully saturated rings. The van der Waals surface area contributed by atoms with Gasteiger partial charge < -0.3 is 9.72 Å². The molecule has 7 heteroatoms. The van der Waals surface area contributed by atoms with Gasteiger partial charge in [0, 0.05) is 23.6 Å². The molecule has 2 aromatic heterocycles. The van der Waals surface area contributed by atoms with Crippen LogP contribution in [0, 0.1) is 6.92 Å². The van der Waals surface area contributed by atoms with E-state index in [0.29, 0.717) is 22.5 Å². The van der Waals surface area contributed by atoms with E-state index >= 15 is 0 Å². The number of nitrogens with one attached hydrogen (secondary N) is 1. The van der Waals surface area contributed by atoms with Crippen LogP contribution in [0.5, 0.6) is 0 Å². The quantitative estimate of drug-likeness (QED) is 0.781. The zero-order valence-electron chi connectivity index (χ0n) is 12.8. The Morgan fingerprint density at radius 1 is 1.25 bits per heavy atom. The second-order valence-corrected chi connectivity index (χ2v) is 5.46. The molecule has 0 aliphatic heterocycles. The zero-order chi connectivity index (χ0) is 17.3. The first-order valence-electron chi connectivity index (χ1n) is 7.23. The van der Waals surface area contributed by atoms with E-state index in [-0.39, 0.29) is 0 Å². The van der Waals surface area contributed by atoms with Gasteiger partial charge in [-0.1, -0.05) is 18.2 Å². The number of hydrogen-bond donors (Lipinski definition) is 1. The van der Waals surface area contributed by atoms with E-state index < -0.39 is 18.5 Å². The lowest BCUT2D eigenvalue weighted by atomic mass is 10.1. The van der Waals surface area contributed by atoms with Crippen molar-refractivity contribution in [1.82, 2.24) is 9.38 Å². The molecule has 2 heterocycles. The molecule has 1 amide bonds. The maximum absolute atomic E-state index is 12.3. The highest BCUT2D eigenvalue weighted by Gasteiger charge is 2.31. The van der Waals surface area contributed by atoms with Gasteiger partial charge in [0.15, 0.2) is 0 Å². The largest absolute Gasteiger partial charge is 0.397 e. The van der Waals surface area contributed by atoms with E-state index in [0.717, 1.165) is 5.65 Å². The Morgan fingerprint density at radius 3 is 2.75 bits per heavy atom. The molecule has 1 aromatic carbocycles. The van der Waals surface area contributed by atoms with Gasteiger partial charge in [-0.2, -0.15) is 13.2 Å². The third kappa shape index (κ3) is 3.56. The minimum atomic E-state index is -4.53.